The Morgan fingerprint density at radius 3 is 2.50 bits per heavy atom. The third-order valence-corrected chi connectivity index (χ3v) is 5.58. The normalized spacial score (nSPS) is 16.4. The first-order valence-electron chi connectivity index (χ1n) is 9.05. The van der Waals surface area contributed by atoms with Gasteiger partial charge in [0.2, 0.25) is 0 Å². The zero-order chi connectivity index (χ0) is 18.1. The molecule has 0 spiro atoms. The number of aliphatic hydroxyl groups excluding tert-OH is 1. The average molecular weight is 373 g/mol. The van der Waals surface area contributed by atoms with Crippen LogP contribution in [0.2, 0.25) is 5.02 Å². The van der Waals surface area contributed by atoms with Gasteiger partial charge in [-0.2, -0.15) is 0 Å². The number of aromatic nitrogens is 1. The van der Waals surface area contributed by atoms with Gasteiger partial charge in [0, 0.05) is 28.8 Å². The van der Waals surface area contributed by atoms with Crippen LogP contribution in [0.25, 0.3) is 16.6 Å². The van der Waals surface area contributed by atoms with Gasteiger partial charge in [0.05, 0.1) is 12.1 Å². The van der Waals surface area contributed by atoms with Crippen molar-refractivity contribution < 1.29 is 9.50 Å². The highest BCUT2D eigenvalue weighted by atomic mass is 35.5. The summed E-state index contributed by atoms with van der Waals surface area (Å²) in [4.78, 5) is 2.31. The quantitative estimate of drug-likeness (QED) is 0.725. The van der Waals surface area contributed by atoms with Gasteiger partial charge in [-0.05, 0) is 79.9 Å². The van der Waals surface area contributed by atoms with E-state index in [-0.39, 0.29) is 12.4 Å². The second-order valence-corrected chi connectivity index (χ2v) is 7.37. The van der Waals surface area contributed by atoms with Gasteiger partial charge in [-0.25, -0.2) is 4.39 Å². The maximum Gasteiger partial charge on any atom is 0.123 e. The number of halogens is 2. The topological polar surface area (TPSA) is 28.4 Å². The molecule has 2 heterocycles. The molecule has 1 N–H and O–H groups in total. The third-order valence-electron chi connectivity index (χ3n) is 5.35. The average Bonchev–Trinajstić information content (AvgIpc) is 3.02. The zero-order valence-corrected chi connectivity index (χ0v) is 15.3. The summed E-state index contributed by atoms with van der Waals surface area (Å²) in [5, 5.41) is 11.0. The van der Waals surface area contributed by atoms with Crippen molar-refractivity contribution in [3.05, 3.63) is 65.1 Å². The number of β-amino-alcohol motifs (C(OH)–C–C–N with tert-alkyl or cyclic N) is 1. The van der Waals surface area contributed by atoms with Crippen LogP contribution >= 0.6 is 11.6 Å². The number of piperidine rings is 1. The molecule has 0 unspecified atom stereocenters. The number of hydrogen-bond acceptors (Lipinski definition) is 2. The van der Waals surface area contributed by atoms with Crippen molar-refractivity contribution in [3.8, 4) is 5.69 Å². The molecule has 0 aliphatic carbocycles. The highest BCUT2D eigenvalue weighted by Crippen LogP contribution is 2.36. The van der Waals surface area contributed by atoms with E-state index in [1.807, 2.05) is 18.2 Å². The number of hydrogen-bond donors (Lipinski definition) is 1. The molecule has 0 atom stereocenters. The van der Waals surface area contributed by atoms with Gasteiger partial charge in [-0.3, -0.25) is 0 Å². The number of nitrogens with zero attached hydrogens (tertiary/aromatic N) is 2. The van der Waals surface area contributed by atoms with Gasteiger partial charge in [0.1, 0.15) is 5.82 Å². The Morgan fingerprint density at radius 2 is 1.81 bits per heavy atom. The van der Waals surface area contributed by atoms with Gasteiger partial charge in [-0.15, -0.1) is 0 Å². The summed E-state index contributed by atoms with van der Waals surface area (Å²) in [5.41, 5.74) is 3.34. The van der Waals surface area contributed by atoms with Crippen LogP contribution in [0, 0.1) is 5.82 Å². The molecule has 0 bridgehead atoms. The van der Waals surface area contributed by atoms with Crippen LogP contribution in [0.4, 0.5) is 4.39 Å². The SMILES string of the molecule is OCCN1CCC(c2cn(-c3ccc(F)cc3)c3ccc(Cl)cc23)CC1. The molecule has 0 amide bonds. The number of rotatable bonds is 4. The Morgan fingerprint density at radius 1 is 1.08 bits per heavy atom. The predicted molar refractivity (Wildman–Crippen MR) is 104 cm³/mol. The second kappa shape index (κ2) is 7.39. The van der Waals surface area contributed by atoms with E-state index in [9.17, 15) is 4.39 Å². The maximum atomic E-state index is 13.3. The minimum atomic E-state index is -0.232. The minimum Gasteiger partial charge on any atom is -0.395 e. The van der Waals surface area contributed by atoms with Crippen LogP contribution in [0.1, 0.15) is 24.3 Å². The Balaban J connectivity index is 1.73. The first-order valence-corrected chi connectivity index (χ1v) is 9.43. The van der Waals surface area contributed by atoms with Crippen molar-refractivity contribution in [1.29, 1.82) is 0 Å². The molecule has 0 saturated carbocycles. The second-order valence-electron chi connectivity index (χ2n) is 6.93. The fraction of sp³-hybridized carbons (Fsp3) is 0.333. The molecule has 5 heteroatoms. The van der Waals surface area contributed by atoms with E-state index in [2.05, 4.69) is 15.7 Å². The summed E-state index contributed by atoms with van der Waals surface area (Å²) in [7, 11) is 0. The number of benzene rings is 2. The van der Waals surface area contributed by atoms with Crippen LogP contribution in [0.3, 0.4) is 0 Å². The van der Waals surface area contributed by atoms with E-state index in [4.69, 9.17) is 16.7 Å². The largest absolute Gasteiger partial charge is 0.395 e. The monoisotopic (exact) mass is 372 g/mol. The van der Waals surface area contributed by atoms with E-state index >= 15 is 0 Å². The number of aliphatic hydroxyl groups is 1. The van der Waals surface area contributed by atoms with Crippen LogP contribution in [-0.2, 0) is 0 Å². The molecule has 1 aliphatic rings. The summed E-state index contributed by atoms with van der Waals surface area (Å²) < 4.78 is 15.4. The lowest BCUT2D eigenvalue weighted by atomic mass is 9.89. The maximum absolute atomic E-state index is 13.3. The van der Waals surface area contributed by atoms with E-state index < -0.39 is 0 Å². The minimum absolute atomic E-state index is 0.212. The Hall–Kier alpha value is -1.88. The molecular formula is C21H22ClFN2O. The summed E-state index contributed by atoms with van der Waals surface area (Å²) >= 11 is 6.28. The molecule has 1 saturated heterocycles. The Kier molecular flexibility index (Phi) is 4.98. The highest BCUT2D eigenvalue weighted by Gasteiger charge is 2.24. The van der Waals surface area contributed by atoms with Gasteiger partial charge >= 0.3 is 0 Å². The molecule has 0 radical (unpaired) electrons. The first kappa shape index (κ1) is 17.5. The van der Waals surface area contributed by atoms with Crippen molar-refractivity contribution in [2.24, 2.45) is 0 Å². The van der Waals surface area contributed by atoms with Gasteiger partial charge in [0.25, 0.3) is 0 Å². The highest BCUT2D eigenvalue weighted by molar-refractivity contribution is 6.31. The van der Waals surface area contributed by atoms with E-state index in [0.29, 0.717) is 5.92 Å². The molecule has 3 aromatic rings. The van der Waals surface area contributed by atoms with Gasteiger partial charge in [-0.1, -0.05) is 11.6 Å². The van der Waals surface area contributed by atoms with Gasteiger partial charge < -0.3 is 14.6 Å². The molecule has 1 aromatic heterocycles. The van der Waals surface area contributed by atoms with E-state index in [1.54, 1.807) is 12.1 Å². The molecule has 3 nitrogen and oxygen atoms in total. The van der Waals surface area contributed by atoms with Crippen LogP contribution < -0.4 is 0 Å². The van der Waals surface area contributed by atoms with Crippen molar-refractivity contribution in [1.82, 2.24) is 9.47 Å². The lowest BCUT2D eigenvalue weighted by molar-refractivity contribution is 0.164. The molecule has 4 rings (SSSR count). The fourth-order valence-electron chi connectivity index (χ4n) is 3.98. The molecule has 136 valence electrons. The molecule has 26 heavy (non-hydrogen) atoms. The number of likely N-dealkylation sites (tertiary alicyclic amines) is 1. The van der Waals surface area contributed by atoms with Crippen molar-refractivity contribution in [2.75, 3.05) is 26.2 Å². The van der Waals surface area contributed by atoms with E-state index in [1.165, 1.54) is 23.1 Å². The zero-order valence-electron chi connectivity index (χ0n) is 14.5. The van der Waals surface area contributed by atoms with Crippen LogP contribution in [0.5, 0.6) is 0 Å². The molecule has 1 aliphatic heterocycles. The third kappa shape index (κ3) is 3.37. The van der Waals surface area contributed by atoms with Crippen LogP contribution in [0.15, 0.2) is 48.7 Å². The summed E-state index contributed by atoms with van der Waals surface area (Å²) in [5.74, 6) is 0.234. The lowest BCUT2D eigenvalue weighted by Gasteiger charge is -2.31. The van der Waals surface area contributed by atoms with E-state index in [0.717, 1.165) is 48.7 Å². The standard InChI is InChI=1S/C21H22ClFN2O/c22-16-1-6-21-19(13-16)20(15-7-9-24(10-8-15)11-12-26)14-25(21)18-4-2-17(23)3-5-18/h1-6,13-15,26H,7-12H2. The lowest BCUT2D eigenvalue weighted by Crippen LogP contribution is -2.34. The summed E-state index contributed by atoms with van der Waals surface area (Å²) in [6, 6.07) is 12.6. The smallest absolute Gasteiger partial charge is 0.123 e. The first-order chi connectivity index (χ1) is 12.7. The fourth-order valence-corrected chi connectivity index (χ4v) is 4.15. The summed E-state index contributed by atoms with van der Waals surface area (Å²) in [6.07, 6.45) is 4.31. The molecular weight excluding hydrogens is 351 g/mol. The van der Waals surface area contributed by atoms with Crippen LogP contribution in [-0.4, -0.2) is 40.8 Å². The van der Waals surface area contributed by atoms with Crippen molar-refractivity contribution >= 4 is 22.5 Å². The summed E-state index contributed by atoms with van der Waals surface area (Å²) in [6.45, 7) is 2.95. The molecule has 1 fully saturated rings. The number of fused-ring (bicyclic) bond motifs is 1. The van der Waals surface area contributed by atoms with Gasteiger partial charge in [0.15, 0.2) is 0 Å². The molecule has 2 aromatic carbocycles. The van der Waals surface area contributed by atoms with Crippen molar-refractivity contribution in [2.45, 2.75) is 18.8 Å². The van der Waals surface area contributed by atoms with Crippen molar-refractivity contribution in [3.63, 3.8) is 0 Å². The Bertz CT molecular complexity index is 898. The Labute approximate surface area is 157 Å². The predicted octanol–water partition coefficient (Wildman–Crippen LogP) is 4.59.